The molecule has 450 valence electrons. The third kappa shape index (κ3) is 10.8. The van der Waals surface area contributed by atoms with E-state index < -0.39 is 11.9 Å². The van der Waals surface area contributed by atoms with Crippen LogP contribution < -0.4 is 9.47 Å². The van der Waals surface area contributed by atoms with Crippen LogP contribution in [0.1, 0.15) is 13.8 Å². The predicted octanol–water partition coefficient (Wildman–Crippen LogP) is 17.9. The Morgan fingerprint density at radius 2 is 0.837 bits per heavy atom. The van der Waals surface area contributed by atoms with Crippen molar-refractivity contribution in [1.29, 1.82) is 0 Å². The number of rotatable bonds is 6. The van der Waals surface area contributed by atoms with E-state index in [9.17, 15) is 0 Å². The molecule has 0 saturated carbocycles. The number of aromatic nitrogens is 8. The zero-order chi connectivity index (χ0) is 61.0. The number of imidazole rings is 2. The minimum Gasteiger partial charge on any atom is -0.503 e. The predicted molar refractivity (Wildman–Crippen MR) is 357 cm³/mol. The molecule has 2 N–H and O–H groups in total. The van der Waals surface area contributed by atoms with Gasteiger partial charge in [0.2, 0.25) is 0 Å². The summed E-state index contributed by atoms with van der Waals surface area (Å²) in [5, 5.41) is 26.0. The van der Waals surface area contributed by atoms with Crippen LogP contribution in [0, 0.1) is 12.1 Å². The maximum Gasteiger partial charge on any atom is 2.00 e. The van der Waals surface area contributed by atoms with Crippen LogP contribution in [0.4, 0.5) is 0 Å². The van der Waals surface area contributed by atoms with E-state index in [0.717, 1.165) is 147 Å². The number of carboxylic acid groups (broad SMARTS) is 2. The number of fused-ring (bicyclic) bond motifs is 22. The SMILES string of the molecule is CC(=O)O.CC(=O)O.[Pd+2].[Pd].[c-]1c(Oc2[c-]c3c(cc2)c2ccccc2n2c4ccccc4nc32)cccc1-n1c2ccccc2c2cccnc21.c1cc(Oc2ccc3c4ccccc4n4c5ccccc5nc4c3c2)cc(-n2c3ccccc3c3cccnc32)c1. The van der Waals surface area contributed by atoms with E-state index in [2.05, 4.69) is 188 Å². The Kier molecular flexibility index (Phi) is 16.3. The first-order valence-corrected chi connectivity index (χ1v) is 29.1. The monoisotopic (exact) mass is 1380 g/mol. The molecule has 0 amide bonds. The number of pyridine rings is 4. The Bertz CT molecular complexity index is 5420. The third-order valence-corrected chi connectivity index (χ3v) is 15.8. The van der Waals surface area contributed by atoms with E-state index >= 15 is 0 Å². The molecule has 8 aromatic heterocycles. The Labute approximate surface area is 552 Å². The number of nitrogens with zero attached hydrogens (tertiary/aromatic N) is 8. The number of para-hydroxylation sites is 8. The number of hydrogen-bond donors (Lipinski definition) is 2. The molecule has 18 aromatic rings. The fourth-order valence-electron chi connectivity index (χ4n) is 12.3. The van der Waals surface area contributed by atoms with E-state index in [0.29, 0.717) is 11.5 Å². The average Bonchev–Trinajstić information content (AvgIpc) is 1.48. The second-order valence-electron chi connectivity index (χ2n) is 21.5. The molecule has 0 bridgehead atoms. The summed E-state index contributed by atoms with van der Waals surface area (Å²) in [6.45, 7) is 2.17. The van der Waals surface area contributed by atoms with E-state index in [-0.39, 0.29) is 40.8 Å². The minimum absolute atomic E-state index is 0. The molecule has 0 aliphatic heterocycles. The van der Waals surface area contributed by atoms with Crippen LogP contribution in [0.5, 0.6) is 23.0 Å². The average molecular weight is 1380 g/mol. The molecule has 0 radical (unpaired) electrons. The van der Waals surface area contributed by atoms with Crippen LogP contribution in [0.3, 0.4) is 0 Å². The standard InChI is InChI=1S/C36H22N4O.C36H20N4O.2C2H4O2.2Pd/c2*1-5-16-33-27(11-1)26-19-18-25(22-30(26)36-38-31-14-3-6-17-34(31)40(33)36)41-24-10-7-9-23(21-24)39-32-15-4-2-12-28(32)29-13-8-20-37-35(29)39;2*1-2(3)4;;/h1-22H;1-20H;2*1H3,(H,3,4);;/q;-2;;;;+2. The molecule has 0 atom stereocenters. The molecular formula is C76H50N8O6Pd2. The van der Waals surface area contributed by atoms with Gasteiger partial charge in [0.05, 0.1) is 50.0 Å². The molecule has 0 aliphatic rings. The van der Waals surface area contributed by atoms with Gasteiger partial charge >= 0.3 is 20.4 Å². The molecule has 16 heteroatoms. The van der Waals surface area contributed by atoms with Crippen molar-refractivity contribution in [2.24, 2.45) is 0 Å². The van der Waals surface area contributed by atoms with Crippen LogP contribution in [0.2, 0.25) is 0 Å². The molecule has 0 spiro atoms. The first kappa shape index (κ1) is 59.8. The van der Waals surface area contributed by atoms with Gasteiger partial charge in [0, 0.05) is 102 Å². The number of hydrogen-bond acceptors (Lipinski definition) is 8. The Hall–Kier alpha value is -11.1. The van der Waals surface area contributed by atoms with Crippen LogP contribution in [-0.2, 0) is 50.4 Å². The van der Waals surface area contributed by atoms with E-state index in [4.69, 9.17) is 49.2 Å². The summed E-state index contributed by atoms with van der Waals surface area (Å²) in [7, 11) is 0. The van der Waals surface area contributed by atoms with Crippen molar-refractivity contribution in [3.05, 3.63) is 267 Å². The maximum atomic E-state index is 9.00. The summed E-state index contributed by atoms with van der Waals surface area (Å²) in [5.74, 6) is 1.06. The number of ether oxygens (including phenoxy) is 2. The van der Waals surface area contributed by atoms with Gasteiger partial charge in [-0.05, 0) is 114 Å². The van der Waals surface area contributed by atoms with Gasteiger partial charge in [0.15, 0.2) is 0 Å². The molecule has 0 fully saturated rings. The Morgan fingerprint density at radius 1 is 0.380 bits per heavy atom. The molecule has 0 saturated heterocycles. The summed E-state index contributed by atoms with van der Waals surface area (Å²) in [5.41, 5.74) is 14.0. The fraction of sp³-hybridized carbons (Fsp3) is 0.0263. The molecule has 0 unspecified atom stereocenters. The van der Waals surface area contributed by atoms with Crippen molar-refractivity contribution in [3.8, 4) is 34.4 Å². The smallest absolute Gasteiger partial charge is 0.503 e. The Balaban J connectivity index is 0.000000148. The second-order valence-corrected chi connectivity index (χ2v) is 21.5. The van der Waals surface area contributed by atoms with Gasteiger partial charge in [-0.25, -0.2) is 15.0 Å². The minimum atomic E-state index is -0.833. The van der Waals surface area contributed by atoms with E-state index in [1.54, 1.807) is 0 Å². The first-order valence-electron chi connectivity index (χ1n) is 29.1. The Morgan fingerprint density at radius 3 is 1.46 bits per heavy atom. The van der Waals surface area contributed by atoms with Gasteiger partial charge in [0.1, 0.15) is 28.4 Å². The fourth-order valence-corrected chi connectivity index (χ4v) is 12.3. The largest absolute Gasteiger partial charge is 2.00 e. The van der Waals surface area contributed by atoms with Crippen molar-refractivity contribution in [1.82, 2.24) is 37.9 Å². The van der Waals surface area contributed by atoms with Crippen molar-refractivity contribution in [3.63, 3.8) is 0 Å². The molecule has 14 nitrogen and oxygen atoms in total. The van der Waals surface area contributed by atoms with Gasteiger partial charge in [-0.15, -0.1) is 30.3 Å². The molecule has 18 rings (SSSR count). The van der Waals surface area contributed by atoms with Crippen LogP contribution in [-0.4, -0.2) is 60.0 Å². The summed E-state index contributed by atoms with van der Waals surface area (Å²) in [6, 6.07) is 89.9. The summed E-state index contributed by atoms with van der Waals surface area (Å²) < 4.78 is 21.7. The topological polar surface area (TPSA) is 163 Å². The molecule has 8 heterocycles. The van der Waals surface area contributed by atoms with Crippen molar-refractivity contribution in [2.45, 2.75) is 13.8 Å². The summed E-state index contributed by atoms with van der Waals surface area (Å²) >= 11 is 0. The summed E-state index contributed by atoms with van der Waals surface area (Å²) in [4.78, 5) is 37.5. The zero-order valence-corrected chi connectivity index (χ0v) is 52.1. The number of carbonyl (C=O) groups is 2. The molecular weight excluding hydrogens is 1330 g/mol. The maximum absolute atomic E-state index is 9.00. The van der Waals surface area contributed by atoms with E-state index in [1.807, 2.05) is 97.3 Å². The van der Waals surface area contributed by atoms with Crippen LogP contribution >= 0.6 is 0 Å². The van der Waals surface area contributed by atoms with Gasteiger partial charge in [-0.3, -0.25) is 23.5 Å². The van der Waals surface area contributed by atoms with Crippen LogP contribution in [0.15, 0.2) is 255 Å². The first-order chi connectivity index (χ1) is 44.1. The summed E-state index contributed by atoms with van der Waals surface area (Å²) in [6.07, 6.45) is 3.67. The molecule has 92 heavy (non-hydrogen) atoms. The van der Waals surface area contributed by atoms with Gasteiger partial charge in [-0.1, -0.05) is 126 Å². The normalized spacial score (nSPS) is 11.2. The second kappa shape index (κ2) is 25.1. The number of aliphatic carboxylic acids is 2. The van der Waals surface area contributed by atoms with Crippen LogP contribution in [0.25, 0.3) is 132 Å². The van der Waals surface area contributed by atoms with E-state index in [1.165, 1.54) is 10.8 Å². The van der Waals surface area contributed by atoms with Crippen molar-refractivity contribution in [2.75, 3.05) is 0 Å². The molecule has 0 aliphatic carbocycles. The number of carboxylic acids is 2. The van der Waals surface area contributed by atoms with Gasteiger partial charge in [0.25, 0.3) is 11.9 Å². The molecule has 10 aromatic carbocycles. The van der Waals surface area contributed by atoms with Gasteiger partial charge < -0.3 is 28.7 Å². The quantitative estimate of drug-likeness (QED) is 0.0930. The van der Waals surface area contributed by atoms with Crippen molar-refractivity contribution < 1.29 is 70.1 Å². The zero-order valence-electron chi connectivity index (χ0n) is 49.0. The van der Waals surface area contributed by atoms with Gasteiger partial charge in [-0.2, -0.15) is 6.07 Å². The third-order valence-electron chi connectivity index (χ3n) is 15.8. The van der Waals surface area contributed by atoms with Crippen molar-refractivity contribution >= 4 is 133 Å². The number of benzene rings is 10.